The summed E-state index contributed by atoms with van der Waals surface area (Å²) in [5.41, 5.74) is 0. The van der Waals surface area contributed by atoms with Crippen LogP contribution >= 0.6 is 0 Å². The van der Waals surface area contributed by atoms with E-state index in [9.17, 15) is 4.79 Å². The van der Waals surface area contributed by atoms with Crippen molar-refractivity contribution in [3.8, 4) is 0 Å². The third-order valence-corrected chi connectivity index (χ3v) is 3.36. The first-order valence-electron chi connectivity index (χ1n) is 6.49. The van der Waals surface area contributed by atoms with Crippen LogP contribution in [0.2, 0.25) is 0 Å². The lowest BCUT2D eigenvalue weighted by Crippen LogP contribution is -2.56. The minimum atomic E-state index is 0.245. The fourth-order valence-corrected chi connectivity index (χ4v) is 2.67. The molecule has 17 heavy (non-hydrogen) atoms. The molecule has 0 saturated carbocycles. The third-order valence-electron chi connectivity index (χ3n) is 3.36. The molecule has 1 N–H and O–H groups in total. The van der Waals surface area contributed by atoms with Crippen LogP contribution in [-0.4, -0.2) is 73.7 Å². The maximum Gasteiger partial charge on any atom is 0.236 e. The van der Waals surface area contributed by atoms with Gasteiger partial charge in [-0.25, -0.2) is 0 Å². The molecule has 0 spiro atoms. The highest BCUT2D eigenvalue weighted by Crippen LogP contribution is 2.05. The summed E-state index contributed by atoms with van der Waals surface area (Å²) in [5, 5.41) is 3.48. The van der Waals surface area contributed by atoms with Crippen LogP contribution in [0.3, 0.4) is 0 Å². The predicted octanol–water partition coefficient (Wildman–Crippen LogP) is -0.473. The van der Waals surface area contributed by atoms with Gasteiger partial charge in [-0.3, -0.25) is 9.69 Å². The molecule has 2 aliphatic rings. The lowest BCUT2D eigenvalue weighted by atomic mass is 10.1. The van der Waals surface area contributed by atoms with Gasteiger partial charge in [-0.1, -0.05) is 0 Å². The van der Waals surface area contributed by atoms with E-state index in [4.69, 9.17) is 4.74 Å². The van der Waals surface area contributed by atoms with E-state index in [0.29, 0.717) is 31.8 Å². The number of morpholine rings is 1. The van der Waals surface area contributed by atoms with Crippen molar-refractivity contribution in [2.75, 3.05) is 45.9 Å². The first kappa shape index (κ1) is 12.8. The Labute approximate surface area is 103 Å². The van der Waals surface area contributed by atoms with Gasteiger partial charge in [0.15, 0.2) is 0 Å². The minimum absolute atomic E-state index is 0.245. The first-order chi connectivity index (χ1) is 8.15. The number of hydrogen-bond acceptors (Lipinski definition) is 4. The zero-order valence-electron chi connectivity index (χ0n) is 10.8. The van der Waals surface area contributed by atoms with Crippen molar-refractivity contribution in [1.29, 1.82) is 0 Å². The number of piperazine rings is 1. The second kappa shape index (κ2) is 5.80. The van der Waals surface area contributed by atoms with Crippen LogP contribution in [0.25, 0.3) is 0 Å². The summed E-state index contributed by atoms with van der Waals surface area (Å²) in [6.07, 6.45) is 0. The third kappa shape index (κ3) is 3.66. The fraction of sp³-hybridized carbons (Fsp3) is 0.917. The first-order valence-corrected chi connectivity index (χ1v) is 6.49. The molecular formula is C12H23N3O2. The van der Waals surface area contributed by atoms with Gasteiger partial charge in [-0.15, -0.1) is 0 Å². The monoisotopic (exact) mass is 241 g/mol. The van der Waals surface area contributed by atoms with Gasteiger partial charge in [0.2, 0.25) is 5.91 Å². The van der Waals surface area contributed by atoms with E-state index in [-0.39, 0.29) is 5.91 Å². The Kier molecular flexibility index (Phi) is 4.36. The molecule has 5 heteroatoms. The lowest BCUT2D eigenvalue weighted by Gasteiger charge is -2.37. The molecule has 2 unspecified atom stereocenters. The summed E-state index contributed by atoms with van der Waals surface area (Å²) in [5.74, 6) is 0.245. The van der Waals surface area contributed by atoms with Crippen LogP contribution in [-0.2, 0) is 9.53 Å². The largest absolute Gasteiger partial charge is 0.378 e. The van der Waals surface area contributed by atoms with E-state index in [2.05, 4.69) is 24.1 Å². The maximum atomic E-state index is 12.1. The number of carbonyl (C=O) groups excluding carboxylic acids is 1. The Balaban J connectivity index is 1.80. The molecule has 2 saturated heterocycles. The van der Waals surface area contributed by atoms with Gasteiger partial charge in [0.1, 0.15) is 0 Å². The van der Waals surface area contributed by atoms with E-state index in [1.54, 1.807) is 0 Å². The maximum absolute atomic E-state index is 12.1. The summed E-state index contributed by atoms with van der Waals surface area (Å²) in [4.78, 5) is 16.3. The number of hydrogen-bond donors (Lipinski definition) is 1. The Morgan fingerprint density at radius 3 is 2.41 bits per heavy atom. The van der Waals surface area contributed by atoms with Crippen molar-refractivity contribution >= 4 is 5.91 Å². The molecule has 1 amide bonds. The van der Waals surface area contributed by atoms with E-state index in [0.717, 1.165) is 26.2 Å². The van der Waals surface area contributed by atoms with Crippen LogP contribution in [0.1, 0.15) is 13.8 Å². The molecule has 0 aromatic heterocycles. The van der Waals surface area contributed by atoms with E-state index in [1.807, 2.05) is 4.90 Å². The van der Waals surface area contributed by atoms with Crippen LogP contribution in [0.15, 0.2) is 0 Å². The molecule has 0 aromatic carbocycles. The van der Waals surface area contributed by atoms with Gasteiger partial charge in [-0.2, -0.15) is 0 Å². The molecule has 0 aromatic rings. The van der Waals surface area contributed by atoms with Gasteiger partial charge in [0.25, 0.3) is 0 Å². The Bertz CT molecular complexity index is 256. The number of carbonyl (C=O) groups is 1. The average Bonchev–Trinajstić information content (AvgIpc) is 2.28. The molecule has 2 rings (SSSR count). The van der Waals surface area contributed by atoms with Crippen molar-refractivity contribution in [3.63, 3.8) is 0 Å². The van der Waals surface area contributed by atoms with Crippen molar-refractivity contribution in [1.82, 2.24) is 15.1 Å². The molecule has 5 nitrogen and oxygen atoms in total. The summed E-state index contributed by atoms with van der Waals surface area (Å²) in [6.45, 7) is 9.66. The zero-order valence-corrected chi connectivity index (χ0v) is 10.8. The zero-order chi connectivity index (χ0) is 12.3. The van der Waals surface area contributed by atoms with Gasteiger partial charge in [-0.05, 0) is 13.8 Å². The molecule has 0 aliphatic carbocycles. The highest BCUT2D eigenvalue weighted by atomic mass is 16.5. The number of nitrogens with zero attached hydrogens (tertiary/aromatic N) is 2. The van der Waals surface area contributed by atoms with E-state index in [1.165, 1.54) is 0 Å². The molecule has 0 radical (unpaired) electrons. The molecule has 2 fully saturated rings. The Hall–Kier alpha value is -0.650. The quantitative estimate of drug-likeness (QED) is 0.710. The van der Waals surface area contributed by atoms with Crippen molar-refractivity contribution in [2.45, 2.75) is 25.9 Å². The molecule has 2 atom stereocenters. The van der Waals surface area contributed by atoms with Gasteiger partial charge in [0, 0.05) is 38.3 Å². The smallest absolute Gasteiger partial charge is 0.236 e. The topological polar surface area (TPSA) is 44.8 Å². The van der Waals surface area contributed by atoms with Crippen molar-refractivity contribution in [2.24, 2.45) is 0 Å². The summed E-state index contributed by atoms with van der Waals surface area (Å²) >= 11 is 0. The summed E-state index contributed by atoms with van der Waals surface area (Å²) in [6, 6.07) is 0.937. The van der Waals surface area contributed by atoms with Crippen LogP contribution in [0, 0.1) is 0 Å². The Morgan fingerprint density at radius 1 is 1.24 bits per heavy atom. The van der Waals surface area contributed by atoms with Gasteiger partial charge < -0.3 is 15.0 Å². The van der Waals surface area contributed by atoms with Crippen LogP contribution in [0.4, 0.5) is 0 Å². The van der Waals surface area contributed by atoms with Crippen molar-refractivity contribution < 1.29 is 9.53 Å². The highest BCUT2D eigenvalue weighted by Gasteiger charge is 2.25. The molecule has 0 bridgehead atoms. The van der Waals surface area contributed by atoms with Gasteiger partial charge in [0.05, 0.1) is 19.8 Å². The predicted molar refractivity (Wildman–Crippen MR) is 65.9 cm³/mol. The Morgan fingerprint density at radius 2 is 1.82 bits per heavy atom. The lowest BCUT2D eigenvalue weighted by molar-refractivity contribution is -0.136. The molecule has 98 valence electrons. The molecule has 2 heterocycles. The normalized spacial score (nSPS) is 31.5. The minimum Gasteiger partial charge on any atom is -0.378 e. The van der Waals surface area contributed by atoms with Crippen LogP contribution in [0.5, 0.6) is 0 Å². The SMILES string of the molecule is CC1CN(CC(=O)N2CCOCC2)CC(C)N1. The highest BCUT2D eigenvalue weighted by molar-refractivity contribution is 5.78. The standard InChI is InChI=1S/C12H23N3O2/c1-10-7-14(8-11(2)13-10)9-12(16)15-3-5-17-6-4-15/h10-11,13H,3-9H2,1-2H3. The second-order valence-electron chi connectivity index (χ2n) is 5.16. The van der Waals surface area contributed by atoms with Crippen LogP contribution < -0.4 is 5.32 Å². The second-order valence-corrected chi connectivity index (χ2v) is 5.16. The van der Waals surface area contributed by atoms with E-state index < -0.39 is 0 Å². The molecular weight excluding hydrogens is 218 g/mol. The van der Waals surface area contributed by atoms with Gasteiger partial charge >= 0.3 is 0 Å². The summed E-state index contributed by atoms with van der Waals surface area (Å²) in [7, 11) is 0. The number of rotatable bonds is 2. The fourth-order valence-electron chi connectivity index (χ4n) is 2.67. The number of nitrogens with one attached hydrogen (secondary N) is 1. The summed E-state index contributed by atoms with van der Waals surface area (Å²) < 4.78 is 5.26. The van der Waals surface area contributed by atoms with Crippen molar-refractivity contribution in [3.05, 3.63) is 0 Å². The van der Waals surface area contributed by atoms with E-state index >= 15 is 0 Å². The number of ether oxygens (including phenoxy) is 1. The number of amides is 1. The molecule has 2 aliphatic heterocycles. The average molecular weight is 241 g/mol.